The lowest BCUT2D eigenvalue weighted by Crippen LogP contribution is -2.41. The van der Waals surface area contributed by atoms with Gasteiger partial charge in [-0.05, 0) is 19.8 Å². The highest BCUT2D eigenvalue weighted by atomic mass is 16.2. The Morgan fingerprint density at radius 2 is 1.92 bits per heavy atom. The summed E-state index contributed by atoms with van der Waals surface area (Å²) < 4.78 is 0. The largest absolute Gasteiger partial charge is 0.348 e. The number of carbonyl (C=O) groups excluding carboxylic acids is 2. The minimum absolute atomic E-state index is 0.380. The normalized spacial score (nSPS) is 16.2. The molecule has 4 nitrogen and oxygen atoms in total. The lowest BCUT2D eigenvalue weighted by molar-refractivity contribution is -0.145. The van der Waals surface area contributed by atoms with Crippen molar-refractivity contribution in [1.82, 2.24) is 10.2 Å². The summed E-state index contributed by atoms with van der Waals surface area (Å²) in [6.07, 6.45) is 2.04. The van der Waals surface area contributed by atoms with Gasteiger partial charge in [0, 0.05) is 19.6 Å². The maximum atomic E-state index is 11.2. The zero-order chi connectivity index (χ0) is 8.97. The molecule has 68 valence electrons. The van der Waals surface area contributed by atoms with Crippen LogP contribution >= 0.6 is 0 Å². The van der Waals surface area contributed by atoms with Crippen LogP contribution < -0.4 is 5.32 Å². The molecule has 0 spiro atoms. The maximum absolute atomic E-state index is 11.2. The minimum Gasteiger partial charge on any atom is -0.348 e. The SMILES string of the molecule is CCNC(=O)C(=O)N1CCCC1. The van der Waals surface area contributed by atoms with Crippen molar-refractivity contribution in [1.29, 1.82) is 0 Å². The van der Waals surface area contributed by atoms with Gasteiger partial charge in [0.1, 0.15) is 0 Å². The van der Waals surface area contributed by atoms with E-state index in [-0.39, 0.29) is 5.91 Å². The Morgan fingerprint density at radius 3 is 2.42 bits per heavy atom. The lowest BCUT2D eigenvalue weighted by Gasteiger charge is -2.13. The van der Waals surface area contributed by atoms with Crippen molar-refractivity contribution >= 4 is 11.8 Å². The highest BCUT2D eigenvalue weighted by molar-refractivity contribution is 6.35. The molecule has 12 heavy (non-hydrogen) atoms. The van der Waals surface area contributed by atoms with Gasteiger partial charge in [-0.25, -0.2) is 0 Å². The van der Waals surface area contributed by atoms with Gasteiger partial charge in [0.2, 0.25) is 0 Å². The Morgan fingerprint density at radius 1 is 1.33 bits per heavy atom. The molecular formula is C8H14N2O2. The Labute approximate surface area is 71.9 Å². The van der Waals surface area contributed by atoms with Crippen molar-refractivity contribution in [3.05, 3.63) is 0 Å². The maximum Gasteiger partial charge on any atom is 0.311 e. The van der Waals surface area contributed by atoms with E-state index in [2.05, 4.69) is 5.32 Å². The molecule has 0 aromatic rings. The number of nitrogens with zero attached hydrogens (tertiary/aromatic N) is 1. The fourth-order valence-electron chi connectivity index (χ4n) is 1.30. The van der Waals surface area contributed by atoms with Crippen molar-refractivity contribution in [3.8, 4) is 0 Å². The first-order valence-corrected chi connectivity index (χ1v) is 4.32. The standard InChI is InChI=1S/C8H14N2O2/c1-2-9-7(11)8(12)10-5-3-4-6-10/h2-6H2,1H3,(H,9,11). The van der Waals surface area contributed by atoms with Gasteiger partial charge in [0.25, 0.3) is 0 Å². The van der Waals surface area contributed by atoms with Crippen LogP contribution in [0.1, 0.15) is 19.8 Å². The van der Waals surface area contributed by atoms with E-state index in [9.17, 15) is 9.59 Å². The summed E-state index contributed by atoms with van der Waals surface area (Å²) in [5.74, 6) is -0.853. The molecule has 0 aromatic carbocycles. The molecule has 0 aliphatic carbocycles. The van der Waals surface area contributed by atoms with E-state index in [0.717, 1.165) is 25.9 Å². The smallest absolute Gasteiger partial charge is 0.311 e. The van der Waals surface area contributed by atoms with Crippen LogP contribution in [0.5, 0.6) is 0 Å². The zero-order valence-corrected chi connectivity index (χ0v) is 7.30. The number of likely N-dealkylation sites (N-methyl/N-ethyl adjacent to an activating group) is 1. The van der Waals surface area contributed by atoms with Gasteiger partial charge in [0.15, 0.2) is 0 Å². The van der Waals surface area contributed by atoms with Crippen LogP contribution in [0, 0.1) is 0 Å². The van der Waals surface area contributed by atoms with E-state index in [0.29, 0.717) is 6.54 Å². The number of rotatable bonds is 1. The second-order valence-electron chi connectivity index (χ2n) is 2.86. The molecule has 1 heterocycles. The van der Waals surface area contributed by atoms with Crippen molar-refractivity contribution < 1.29 is 9.59 Å². The molecule has 1 N–H and O–H groups in total. The molecule has 1 aliphatic heterocycles. The topological polar surface area (TPSA) is 49.4 Å². The van der Waals surface area contributed by atoms with Crippen molar-refractivity contribution in [2.24, 2.45) is 0 Å². The van der Waals surface area contributed by atoms with Gasteiger partial charge < -0.3 is 10.2 Å². The molecule has 1 fully saturated rings. The van der Waals surface area contributed by atoms with E-state index >= 15 is 0 Å². The molecule has 0 unspecified atom stereocenters. The third kappa shape index (κ3) is 1.96. The van der Waals surface area contributed by atoms with Crippen LogP contribution in [0.2, 0.25) is 0 Å². The summed E-state index contributed by atoms with van der Waals surface area (Å²) >= 11 is 0. The van der Waals surface area contributed by atoms with E-state index in [1.54, 1.807) is 11.8 Å². The fraction of sp³-hybridized carbons (Fsp3) is 0.750. The highest BCUT2D eigenvalue weighted by Crippen LogP contribution is 2.06. The quantitative estimate of drug-likeness (QED) is 0.551. The zero-order valence-electron chi connectivity index (χ0n) is 7.30. The van der Waals surface area contributed by atoms with Gasteiger partial charge in [0.05, 0.1) is 0 Å². The summed E-state index contributed by atoms with van der Waals surface area (Å²) in [5.41, 5.74) is 0. The lowest BCUT2D eigenvalue weighted by atomic mass is 10.4. The van der Waals surface area contributed by atoms with Crippen LogP contribution in [0.4, 0.5) is 0 Å². The van der Waals surface area contributed by atoms with E-state index in [4.69, 9.17) is 0 Å². The Hall–Kier alpha value is -1.06. The summed E-state index contributed by atoms with van der Waals surface area (Å²) in [7, 11) is 0. The molecule has 0 bridgehead atoms. The third-order valence-corrected chi connectivity index (χ3v) is 1.92. The summed E-state index contributed by atoms with van der Waals surface area (Å²) in [5, 5.41) is 2.49. The third-order valence-electron chi connectivity index (χ3n) is 1.92. The van der Waals surface area contributed by atoms with Crippen molar-refractivity contribution in [3.63, 3.8) is 0 Å². The van der Waals surface area contributed by atoms with Crippen LogP contribution in [-0.2, 0) is 9.59 Å². The summed E-state index contributed by atoms with van der Waals surface area (Å²) in [6.45, 7) is 3.78. The number of nitrogens with one attached hydrogen (secondary N) is 1. The molecule has 0 atom stereocenters. The van der Waals surface area contributed by atoms with Crippen molar-refractivity contribution in [2.75, 3.05) is 19.6 Å². The van der Waals surface area contributed by atoms with Crippen molar-refractivity contribution in [2.45, 2.75) is 19.8 Å². The molecule has 2 amide bonds. The first kappa shape index (κ1) is 9.03. The van der Waals surface area contributed by atoms with Gasteiger partial charge in [-0.1, -0.05) is 0 Å². The summed E-state index contributed by atoms with van der Waals surface area (Å²) in [6, 6.07) is 0. The summed E-state index contributed by atoms with van der Waals surface area (Å²) in [4.78, 5) is 23.9. The first-order chi connectivity index (χ1) is 5.75. The molecular weight excluding hydrogens is 156 g/mol. The number of carbonyl (C=O) groups is 2. The van der Waals surface area contributed by atoms with Crippen LogP contribution in [-0.4, -0.2) is 36.3 Å². The second kappa shape index (κ2) is 4.09. The van der Waals surface area contributed by atoms with Gasteiger partial charge in [-0.15, -0.1) is 0 Å². The molecule has 1 aliphatic rings. The average Bonchev–Trinajstić information content (AvgIpc) is 2.55. The van der Waals surface area contributed by atoms with Gasteiger partial charge >= 0.3 is 11.8 Å². The van der Waals surface area contributed by atoms with Gasteiger partial charge in [-0.2, -0.15) is 0 Å². The average molecular weight is 170 g/mol. The number of hydrogen-bond donors (Lipinski definition) is 1. The molecule has 0 radical (unpaired) electrons. The molecule has 0 saturated carbocycles. The predicted molar refractivity (Wildman–Crippen MR) is 44.5 cm³/mol. The van der Waals surface area contributed by atoms with Crippen LogP contribution in [0.3, 0.4) is 0 Å². The monoisotopic (exact) mass is 170 g/mol. The van der Waals surface area contributed by atoms with Crippen LogP contribution in [0.25, 0.3) is 0 Å². The van der Waals surface area contributed by atoms with E-state index in [1.807, 2.05) is 0 Å². The fourth-order valence-corrected chi connectivity index (χ4v) is 1.30. The van der Waals surface area contributed by atoms with Gasteiger partial charge in [-0.3, -0.25) is 9.59 Å². The predicted octanol–water partition coefficient (Wildman–Crippen LogP) is -0.255. The minimum atomic E-state index is -0.473. The second-order valence-corrected chi connectivity index (χ2v) is 2.86. The first-order valence-electron chi connectivity index (χ1n) is 4.32. The highest BCUT2D eigenvalue weighted by Gasteiger charge is 2.23. The Balaban J connectivity index is 2.40. The molecule has 4 heteroatoms. The molecule has 0 aromatic heterocycles. The Kier molecular flexibility index (Phi) is 3.08. The molecule has 1 rings (SSSR count). The number of amides is 2. The molecule has 1 saturated heterocycles. The number of likely N-dealkylation sites (tertiary alicyclic amines) is 1. The van der Waals surface area contributed by atoms with E-state index in [1.165, 1.54) is 0 Å². The Bertz CT molecular complexity index is 185. The van der Waals surface area contributed by atoms with E-state index < -0.39 is 5.91 Å². The van der Waals surface area contributed by atoms with Crippen LogP contribution in [0.15, 0.2) is 0 Å². The number of hydrogen-bond acceptors (Lipinski definition) is 2.